The molecular weight excluding hydrogens is 293 g/mol. The van der Waals surface area contributed by atoms with E-state index in [1.807, 2.05) is 22.9 Å². The molecule has 0 aliphatic rings. The molecule has 5 heteroatoms. The minimum absolute atomic E-state index is 0.247. The van der Waals surface area contributed by atoms with Crippen molar-refractivity contribution in [1.29, 1.82) is 0 Å². The average Bonchev–Trinajstić information content (AvgIpc) is 2.92. The Labute approximate surface area is 134 Å². The van der Waals surface area contributed by atoms with Gasteiger partial charge >= 0.3 is 0 Å². The Morgan fingerprint density at radius 1 is 1.13 bits per heavy atom. The van der Waals surface area contributed by atoms with Gasteiger partial charge < -0.3 is 5.11 Å². The van der Waals surface area contributed by atoms with E-state index in [0.29, 0.717) is 13.0 Å². The van der Waals surface area contributed by atoms with Gasteiger partial charge in [-0.15, -0.1) is 0 Å². The van der Waals surface area contributed by atoms with Crippen molar-refractivity contribution in [2.24, 2.45) is 0 Å². The van der Waals surface area contributed by atoms with Gasteiger partial charge in [-0.2, -0.15) is 5.10 Å². The summed E-state index contributed by atoms with van der Waals surface area (Å²) in [7, 11) is 0. The van der Waals surface area contributed by atoms with Crippen LogP contribution in [0.4, 0.5) is 4.39 Å². The van der Waals surface area contributed by atoms with Gasteiger partial charge in [-0.3, -0.25) is 9.67 Å². The zero-order valence-electron chi connectivity index (χ0n) is 12.9. The van der Waals surface area contributed by atoms with Gasteiger partial charge in [-0.1, -0.05) is 12.1 Å². The lowest BCUT2D eigenvalue weighted by Crippen LogP contribution is -2.15. The summed E-state index contributed by atoms with van der Waals surface area (Å²) in [4.78, 5) is 4.01. The summed E-state index contributed by atoms with van der Waals surface area (Å²) in [6, 6.07) is 12.2. The van der Waals surface area contributed by atoms with Gasteiger partial charge in [0.05, 0.1) is 18.3 Å². The summed E-state index contributed by atoms with van der Waals surface area (Å²) in [5.41, 5.74) is 3.79. The molecule has 0 spiro atoms. The highest BCUT2D eigenvalue weighted by Crippen LogP contribution is 2.20. The van der Waals surface area contributed by atoms with Crippen LogP contribution in [0.5, 0.6) is 0 Å². The Bertz CT molecular complexity index is 767. The summed E-state index contributed by atoms with van der Waals surface area (Å²) in [6.45, 7) is 2.15. The molecule has 0 fully saturated rings. The normalized spacial score (nSPS) is 12.3. The molecule has 2 aromatic heterocycles. The third-order valence-electron chi connectivity index (χ3n) is 3.58. The number of pyridine rings is 1. The number of rotatable bonds is 5. The zero-order valence-corrected chi connectivity index (χ0v) is 12.9. The number of benzene rings is 1. The SMILES string of the molecule is CC(O)Cn1nc(-c2ccncc2)cc1Cc1ccc(F)cc1. The molecule has 0 radical (unpaired) electrons. The minimum Gasteiger partial charge on any atom is -0.391 e. The van der Waals surface area contributed by atoms with E-state index in [4.69, 9.17) is 0 Å². The predicted octanol–water partition coefficient (Wildman–Crippen LogP) is 3.06. The number of hydrogen-bond acceptors (Lipinski definition) is 3. The van der Waals surface area contributed by atoms with E-state index in [0.717, 1.165) is 22.5 Å². The monoisotopic (exact) mass is 311 g/mol. The second-order valence-electron chi connectivity index (χ2n) is 5.59. The number of hydrogen-bond donors (Lipinski definition) is 1. The van der Waals surface area contributed by atoms with E-state index in [-0.39, 0.29) is 5.82 Å². The summed E-state index contributed by atoms with van der Waals surface area (Å²) in [5.74, 6) is -0.247. The lowest BCUT2D eigenvalue weighted by Gasteiger charge is -2.09. The fraction of sp³-hybridized carbons (Fsp3) is 0.222. The molecule has 1 unspecified atom stereocenters. The molecule has 0 aliphatic carbocycles. The molecule has 3 aromatic rings. The number of halogens is 1. The fourth-order valence-corrected chi connectivity index (χ4v) is 2.48. The van der Waals surface area contributed by atoms with Crippen LogP contribution in [0.1, 0.15) is 18.2 Å². The van der Waals surface area contributed by atoms with Crippen molar-refractivity contribution in [3.8, 4) is 11.3 Å². The van der Waals surface area contributed by atoms with Crippen molar-refractivity contribution in [3.05, 3.63) is 71.9 Å². The van der Waals surface area contributed by atoms with Gasteiger partial charge in [-0.05, 0) is 42.8 Å². The molecule has 0 aliphatic heterocycles. The van der Waals surface area contributed by atoms with Crippen molar-refractivity contribution < 1.29 is 9.50 Å². The second-order valence-corrected chi connectivity index (χ2v) is 5.59. The van der Waals surface area contributed by atoms with Crippen LogP contribution in [0.15, 0.2) is 54.9 Å². The first kappa shape index (κ1) is 15.4. The van der Waals surface area contributed by atoms with Gasteiger partial charge in [0, 0.05) is 30.1 Å². The molecule has 118 valence electrons. The molecule has 1 atom stereocenters. The van der Waals surface area contributed by atoms with Crippen LogP contribution in [0, 0.1) is 5.82 Å². The fourth-order valence-electron chi connectivity index (χ4n) is 2.48. The summed E-state index contributed by atoms with van der Waals surface area (Å²) in [5, 5.41) is 14.3. The van der Waals surface area contributed by atoms with Crippen LogP contribution >= 0.6 is 0 Å². The number of aromatic nitrogens is 3. The number of aliphatic hydroxyl groups is 1. The third kappa shape index (κ3) is 3.81. The first-order chi connectivity index (χ1) is 11.1. The van der Waals surface area contributed by atoms with Crippen LogP contribution in [-0.4, -0.2) is 26.0 Å². The van der Waals surface area contributed by atoms with E-state index in [9.17, 15) is 9.50 Å². The highest BCUT2D eigenvalue weighted by Gasteiger charge is 2.12. The molecular formula is C18H18FN3O. The average molecular weight is 311 g/mol. The topological polar surface area (TPSA) is 50.9 Å². The van der Waals surface area contributed by atoms with Crippen LogP contribution in [-0.2, 0) is 13.0 Å². The van der Waals surface area contributed by atoms with E-state index in [1.165, 1.54) is 12.1 Å². The van der Waals surface area contributed by atoms with Crippen LogP contribution < -0.4 is 0 Å². The second kappa shape index (κ2) is 6.71. The highest BCUT2D eigenvalue weighted by atomic mass is 19.1. The molecule has 2 heterocycles. The Balaban J connectivity index is 1.93. The Hall–Kier alpha value is -2.53. The number of aliphatic hydroxyl groups excluding tert-OH is 1. The molecule has 1 aromatic carbocycles. The maximum absolute atomic E-state index is 13.0. The maximum Gasteiger partial charge on any atom is 0.123 e. The first-order valence-corrected chi connectivity index (χ1v) is 7.51. The first-order valence-electron chi connectivity index (χ1n) is 7.51. The van der Waals surface area contributed by atoms with Crippen LogP contribution in [0.3, 0.4) is 0 Å². The van der Waals surface area contributed by atoms with Crippen molar-refractivity contribution in [2.75, 3.05) is 0 Å². The van der Waals surface area contributed by atoms with Crippen molar-refractivity contribution in [2.45, 2.75) is 26.0 Å². The molecule has 0 bridgehead atoms. The Kier molecular flexibility index (Phi) is 4.48. The van der Waals surface area contributed by atoms with Crippen molar-refractivity contribution in [3.63, 3.8) is 0 Å². The van der Waals surface area contributed by atoms with Gasteiger partial charge in [0.2, 0.25) is 0 Å². The molecule has 0 amide bonds. The molecule has 4 nitrogen and oxygen atoms in total. The quantitative estimate of drug-likeness (QED) is 0.788. The maximum atomic E-state index is 13.0. The lowest BCUT2D eigenvalue weighted by atomic mass is 10.1. The molecule has 0 saturated heterocycles. The summed E-state index contributed by atoms with van der Waals surface area (Å²) < 4.78 is 14.9. The van der Waals surface area contributed by atoms with Crippen molar-refractivity contribution >= 4 is 0 Å². The van der Waals surface area contributed by atoms with Crippen LogP contribution in [0.25, 0.3) is 11.3 Å². The van der Waals surface area contributed by atoms with Gasteiger partial charge in [-0.25, -0.2) is 4.39 Å². The lowest BCUT2D eigenvalue weighted by molar-refractivity contribution is 0.167. The highest BCUT2D eigenvalue weighted by molar-refractivity contribution is 5.58. The largest absolute Gasteiger partial charge is 0.391 e. The van der Waals surface area contributed by atoms with Crippen LogP contribution in [0.2, 0.25) is 0 Å². The minimum atomic E-state index is -0.493. The zero-order chi connectivity index (χ0) is 16.2. The summed E-state index contributed by atoms with van der Waals surface area (Å²) >= 11 is 0. The number of nitrogens with zero attached hydrogens (tertiary/aromatic N) is 3. The van der Waals surface area contributed by atoms with Gasteiger partial charge in [0.25, 0.3) is 0 Å². The van der Waals surface area contributed by atoms with E-state index >= 15 is 0 Å². The van der Waals surface area contributed by atoms with Crippen molar-refractivity contribution in [1.82, 2.24) is 14.8 Å². The Morgan fingerprint density at radius 3 is 2.48 bits per heavy atom. The molecule has 23 heavy (non-hydrogen) atoms. The Morgan fingerprint density at radius 2 is 1.83 bits per heavy atom. The smallest absolute Gasteiger partial charge is 0.123 e. The summed E-state index contributed by atoms with van der Waals surface area (Å²) in [6.07, 6.45) is 3.59. The molecule has 0 saturated carbocycles. The molecule has 1 N–H and O–H groups in total. The van der Waals surface area contributed by atoms with Gasteiger partial charge in [0.15, 0.2) is 0 Å². The van der Waals surface area contributed by atoms with Gasteiger partial charge in [0.1, 0.15) is 5.82 Å². The third-order valence-corrected chi connectivity index (χ3v) is 3.58. The predicted molar refractivity (Wildman–Crippen MR) is 86.3 cm³/mol. The van der Waals surface area contributed by atoms with E-state index in [2.05, 4.69) is 10.1 Å². The van der Waals surface area contributed by atoms with E-state index in [1.54, 1.807) is 31.5 Å². The molecule has 3 rings (SSSR count). The standard InChI is InChI=1S/C18H18FN3O/c1-13(23)12-22-17(10-14-2-4-16(19)5-3-14)11-18(21-22)15-6-8-20-9-7-15/h2-9,11,13,23H,10,12H2,1H3. The van der Waals surface area contributed by atoms with E-state index < -0.39 is 6.10 Å².